The molecule has 0 aliphatic carbocycles. The smallest absolute Gasteiger partial charge is 0.264 e. The molecule has 0 aliphatic heterocycles. The minimum absolute atomic E-state index is 0.0558. The minimum Gasteiger partial charge on any atom is -0.352 e. The summed E-state index contributed by atoms with van der Waals surface area (Å²) in [5.41, 5.74) is 2.22. The molecule has 39 heavy (non-hydrogen) atoms. The molecular weight excluding hydrogens is 578 g/mol. The van der Waals surface area contributed by atoms with Crippen LogP contribution in [0.25, 0.3) is 0 Å². The van der Waals surface area contributed by atoms with Crippen LogP contribution in [0.15, 0.2) is 88.2 Å². The zero-order chi connectivity index (χ0) is 28.6. The summed E-state index contributed by atoms with van der Waals surface area (Å²) in [6, 6.07) is 21.6. The summed E-state index contributed by atoms with van der Waals surface area (Å²) in [5.74, 6) is -0.721. The lowest BCUT2D eigenvalue weighted by Gasteiger charge is -2.34. The zero-order valence-corrected chi connectivity index (χ0v) is 25.2. The summed E-state index contributed by atoms with van der Waals surface area (Å²) in [5, 5.41) is 2.99. The van der Waals surface area contributed by atoms with E-state index >= 15 is 0 Å². The number of carbonyl (C=O) groups excluding carboxylic acids is 2. The number of nitrogens with zero attached hydrogens (tertiary/aromatic N) is 2. The molecule has 1 N–H and O–H groups in total. The highest BCUT2D eigenvalue weighted by Crippen LogP contribution is 2.26. The zero-order valence-electron chi connectivity index (χ0n) is 22.8. The summed E-state index contributed by atoms with van der Waals surface area (Å²) >= 11 is 3.39. The number of aryl methyl sites for hydroxylation is 1. The first-order valence-corrected chi connectivity index (χ1v) is 15.3. The molecule has 7 nitrogen and oxygen atoms in total. The molecule has 208 valence electrons. The van der Waals surface area contributed by atoms with E-state index in [4.69, 9.17) is 0 Å². The van der Waals surface area contributed by atoms with Crippen molar-refractivity contribution in [3.8, 4) is 0 Å². The number of anilines is 1. The quantitative estimate of drug-likeness (QED) is 0.285. The maximum absolute atomic E-state index is 14.1. The van der Waals surface area contributed by atoms with Crippen LogP contribution >= 0.6 is 15.9 Å². The van der Waals surface area contributed by atoms with E-state index in [0.717, 1.165) is 26.3 Å². The number of hydrogen-bond acceptors (Lipinski definition) is 4. The van der Waals surface area contributed by atoms with E-state index in [1.54, 1.807) is 42.5 Å². The van der Waals surface area contributed by atoms with Crippen LogP contribution in [0.2, 0.25) is 0 Å². The predicted octanol–water partition coefficient (Wildman–Crippen LogP) is 5.67. The van der Waals surface area contributed by atoms with Crippen molar-refractivity contribution in [3.05, 3.63) is 94.5 Å². The molecule has 0 saturated carbocycles. The number of halogens is 1. The summed E-state index contributed by atoms with van der Waals surface area (Å²) in [7, 11) is -4.08. The Bertz CT molecular complexity index is 1360. The van der Waals surface area contributed by atoms with E-state index in [-0.39, 0.29) is 23.4 Å². The summed E-state index contributed by atoms with van der Waals surface area (Å²) in [6.45, 7) is 7.42. The second kappa shape index (κ2) is 13.8. The number of sulfonamides is 1. The predicted molar refractivity (Wildman–Crippen MR) is 159 cm³/mol. The van der Waals surface area contributed by atoms with Gasteiger partial charge in [-0.15, -0.1) is 0 Å². The first kappa shape index (κ1) is 30.4. The summed E-state index contributed by atoms with van der Waals surface area (Å²) in [4.78, 5) is 29.0. The molecule has 3 aromatic rings. The fraction of sp³-hybridized carbons (Fsp3) is 0.333. The molecule has 3 aromatic carbocycles. The van der Waals surface area contributed by atoms with Crippen molar-refractivity contribution < 1.29 is 18.0 Å². The Morgan fingerprint density at radius 1 is 0.897 bits per heavy atom. The maximum Gasteiger partial charge on any atom is 0.264 e. The Kier molecular flexibility index (Phi) is 10.7. The molecule has 0 spiro atoms. The van der Waals surface area contributed by atoms with Crippen molar-refractivity contribution in [2.45, 2.75) is 64.1 Å². The Morgan fingerprint density at radius 2 is 1.51 bits per heavy atom. The van der Waals surface area contributed by atoms with Crippen LogP contribution in [-0.2, 0) is 26.2 Å². The molecule has 0 saturated heterocycles. The molecule has 0 aromatic heterocycles. The molecule has 2 amide bonds. The maximum atomic E-state index is 14.1. The van der Waals surface area contributed by atoms with Crippen molar-refractivity contribution in [1.29, 1.82) is 0 Å². The fourth-order valence-corrected chi connectivity index (χ4v) is 5.89. The first-order chi connectivity index (χ1) is 18.6. The highest BCUT2D eigenvalue weighted by atomic mass is 79.9. The van der Waals surface area contributed by atoms with Gasteiger partial charge in [-0.25, -0.2) is 8.42 Å². The van der Waals surface area contributed by atoms with Crippen molar-refractivity contribution in [2.24, 2.45) is 0 Å². The lowest BCUT2D eigenvalue weighted by molar-refractivity contribution is -0.140. The van der Waals surface area contributed by atoms with Gasteiger partial charge in [-0.1, -0.05) is 72.2 Å². The van der Waals surface area contributed by atoms with E-state index in [0.29, 0.717) is 12.1 Å². The number of benzene rings is 3. The Hall–Kier alpha value is -3.17. The molecule has 3 rings (SSSR count). The number of carbonyl (C=O) groups is 2. The number of amides is 2. The van der Waals surface area contributed by atoms with Gasteiger partial charge in [0, 0.05) is 17.1 Å². The van der Waals surface area contributed by atoms with Gasteiger partial charge in [0.05, 0.1) is 10.6 Å². The van der Waals surface area contributed by atoms with Gasteiger partial charge in [0.1, 0.15) is 12.6 Å². The van der Waals surface area contributed by atoms with Crippen LogP contribution in [0.4, 0.5) is 5.69 Å². The van der Waals surface area contributed by atoms with E-state index in [1.165, 1.54) is 17.0 Å². The van der Waals surface area contributed by atoms with Gasteiger partial charge in [0.15, 0.2) is 0 Å². The second-order valence-electron chi connectivity index (χ2n) is 9.49. The molecule has 0 fully saturated rings. The average Bonchev–Trinajstić information content (AvgIpc) is 2.93. The number of nitrogens with one attached hydrogen (secondary N) is 1. The van der Waals surface area contributed by atoms with E-state index in [2.05, 4.69) is 21.2 Å². The van der Waals surface area contributed by atoms with Crippen molar-refractivity contribution in [2.75, 3.05) is 10.8 Å². The number of rotatable bonds is 12. The van der Waals surface area contributed by atoms with Gasteiger partial charge < -0.3 is 10.2 Å². The third kappa shape index (κ3) is 7.70. The Labute approximate surface area is 240 Å². The third-order valence-electron chi connectivity index (χ3n) is 6.71. The molecule has 0 radical (unpaired) electrons. The van der Waals surface area contributed by atoms with Crippen LogP contribution in [0.3, 0.4) is 0 Å². The Balaban J connectivity index is 2.05. The van der Waals surface area contributed by atoms with Crippen LogP contribution in [0.5, 0.6) is 0 Å². The fourth-order valence-electron chi connectivity index (χ4n) is 4.19. The largest absolute Gasteiger partial charge is 0.352 e. The first-order valence-electron chi connectivity index (χ1n) is 13.1. The normalized spacial score (nSPS) is 12.8. The van der Waals surface area contributed by atoms with Gasteiger partial charge in [-0.3, -0.25) is 13.9 Å². The van der Waals surface area contributed by atoms with Gasteiger partial charge in [0.2, 0.25) is 11.8 Å². The van der Waals surface area contributed by atoms with Gasteiger partial charge in [-0.05, 0) is 74.2 Å². The van der Waals surface area contributed by atoms with E-state index in [9.17, 15) is 18.0 Å². The van der Waals surface area contributed by atoms with Gasteiger partial charge in [0.25, 0.3) is 10.0 Å². The molecule has 2 unspecified atom stereocenters. The minimum atomic E-state index is -4.08. The van der Waals surface area contributed by atoms with Crippen molar-refractivity contribution in [1.82, 2.24) is 10.2 Å². The summed E-state index contributed by atoms with van der Waals surface area (Å²) in [6.07, 6.45) is 1.13. The lowest BCUT2D eigenvalue weighted by atomic mass is 10.1. The topological polar surface area (TPSA) is 86.8 Å². The highest BCUT2D eigenvalue weighted by molar-refractivity contribution is 9.10. The van der Waals surface area contributed by atoms with Crippen LogP contribution in [-0.4, -0.2) is 43.8 Å². The molecule has 2 atom stereocenters. The van der Waals surface area contributed by atoms with E-state index < -0.39 is 28.5 Å². The van der Waals surface area contributed by atoms with Crippen molar-refractivity contribution in [3.63, 3.8) is 0 Å². The summed E-state index contributed by atoms with van der Waals surface area (Å²) < 4.78 is 29.5. The lowest BCUT2D eigenvalue weighted by Crippen LogP contribution is -2.53. The standard InChI is InChI=1S/C30H36BrN3O4S/c1-5-23(4)32-30(36)28(6-2)33(20-24-13-11-10-12-22(24)3)29(35)21-34(26-18-16-25(31)17-19-26)39(37,38)27-14-8-7-9-15-27/h7-19,23,28H,5-6,20-21H2,1-4H3,(H,32,36). The molecule has 9 heteroatoms. The SMILES string of the molecule is CCC(C)NC(=O)C(CC)N(Cc1ccccc1C)C(=O)CN(c1ccc(Br)cc1)S(=O)(=O)c1ccccc1. The third-order valence-corrected chi connectivity index (χ3v) is 9.03. The molecular formula is C30H36BrN3O4S. The molecule has 0 bridgehead atoms. The Morgan fingerprint density at radius 3 is 2.10 bits per heavy atom. The van der Waals surface area contributed by atoms with Crippen LogP contribution in [0.1, 0.15) is 44.7 Å². The van der Waals surface area contributed by atoms with Crippen LogP contribution < -0.4 is 9.62 Å². The van der Waals surface area contributed by atoms with Crippen molar-refractivity contribution >= 4 is 43.5 Å². The van der Waals surface area contributed by atoms with E-state index in [1.807, 2.05) is 52.0 Å². The number of hydrogen-bond donors (Lipinski definition) is 1. The molecule has 0 heterocycles. The average molecular weight is 615 g/mol. The van der Waals surface area contributed by atoms with Gasteiger partial charge in [-0.2, -0.15) is 0 Å². The second-order valence-corrected chi connectivity index (χ2v) is 12.3. The highest BCUT2D eigenvalue weighted by Gasteiger charge is 2.34. The van der Waals surface area contributed by atoms with Gasteiger partial charge >= 0.3 is 0 Å². The molecule has 0 aliphatic rings. The van der Waals surface area contributed by atoms with Crippen LogP contribution in [0, 0.1) is 6.92 Å². The monoisotopic (exact) mass is 613 g/mol.